The van der Waals surface area contributed by atoms with E-state index >= 15 is 0 Å². The first-order valence-electron chi connectivity index (χ1n) is 11.0. The van der Waals surface area contributed by atoms with Gasteiger partial charge in [0.1, 0.15) is 5.82 Å². The van der Waals surface area contributed by atoms with E-state index in [0.29, 0.717) is 5.95 Å². The Kier molecular flexibility index (Phi) is 6.28. The number of hydrogen-bond donors (Lipinski definition) is 2. The van der Waals surface area contributed by atoms with Gasteiger partial charge in [-0.05, 0) is 42.8 Å². The van der Waals surface area contributed by atoms with Crippen molar-refractivity contribution in [2.75, 3.05) is 36.4 Å². The van der Waals surface area contributed by atoms with E-state index in [0.717, 1.165) is 58.7 Å². The summed E-state index contributed by atoms with van der Waals surface area (Å²) < 4.78 is 13.6. The molecule has 0 unspecified atom stereocenters. The Balaban J connectivity index is 1.50. The number of anilines is 2. The maximum atomic E-state index is 13.6. The highest BCUT2D eigenvalue weighted by Crippen LogP contribution is 2.40. The van der Waals surface area contributed by atoms with Gasteiger partial charge in [0, 0.05) is 37.9 Å². The summed E-state index contributed by atoms with van der Waals surface area (Å²) in [4.78, 5) is 17.4. The molecule has 2 N–H and O–H groups in total. The monoisotopic (exact) mass is 460 g/mol. The Bertz CT molecular complexity index is 1210. The van der Waals surface area contributed by atoms with E-state index in [4.69, 9.17) is 9.97 Å². The highest BCUT2D eigenvalue weighted by atomic mass is 32.1. The lowest BCUT2D eigenvalue weighted by molar-refractivity contribution is 0.588. The number of piperazine rings is 1. The highest BCUT2D eigenvalue weighted by molar-refractivity contribution is 7.19. The molecular formula is C25H25FN6S. The van der Waals surface area contributed by atoms with Crippen LogP contribution in [0.15, 0.2) is 66.9 Å². The first-order valence-corrected chi connectivity index (χ1v) is 11.9. The minimum absolute atomic E-state index is 0.0656. The van der Waals surface area contributed by atoms with Crippen molar-refractivity contribution in [1.29, 1.82) is 0 Å². The van der Waals surface area contributed by atoms with Crippen LogP contribution in [0.5, 0.6) is 0 Å². The van der Waals surface area contributed by atoms with Gasteiger partial charge >= 0.3 is 0 Å². The number of halogens is 1. The molecule has 2 aromatic heterocycles. The van der Waals surface area contributed by atoms with Gasteiger partial charge in [-0.1, -0.05) is 41.7 Å². The van der Waals surface area contributed by atoms with Gasteiger partial charge in [-0.25, -0.2) is 19.3 Å². The number of rotatable bonds is 6. The van der Waals surface area contributed by atoms with Crippen LogP contribution in [0.25, 0.3) is 21.8 Å². The fourth-order valence-electron chi connectivity index (χ4n) is 3.85. The van der Waals surface area contributed by atoms with Gasteiger partial charge in [0.2, 0.25) is 5.95 Å². The molecule has 0 aliphatic carbocycles. The molecule has 3 heterocycles. The Morgan fingerprint density at radius 2 is 1.76 bits per heavy atom. The standard InChI is InChI=1S/C25H25FN6S/c1-17(18-5-3-2-4-6-18)29-24-28-12-11-21(30-24)23-22(19-7-9-20(26)10-8-19)31-25(33-23)32-15-13-27-14-16-32/h2-12,17,27H,13-16H2,1H3,(H,28,29,30)/t17-/m0/s1. The highest BCUT2D eigenvalue weighted by Gasteiger charge is 2.21. The number of benzene rings is 2. The Labute approximate surface area is 196 Å². The molecule has 1 atom stereocenters. The summed E-state index contributed by atoms with van der Waals surface area (Å²) in [6, 6.07) is 18.7. The quantitative estimate of drug-likeness (QED) is 0.423. The lowest BCUT2D eigenvalue weighted by Gasteiger charge is -2.26. The van der Waals surface area contributed by atoms with Crippen LogP contribution >= 0.6 is 11.3 Å². The predicted octanol–water partition coefficient (Wildman–Crippen LogP) is 4.99. The molecule has 8 heteroatoms. The Hall–Kier alpha value is -3.36. The summed E-state index contributed by atoms with van der Waals surface area (Å²) in [5, 5.41) is 7.73. The predicted molar refractivity (Wildman–Crippen MR) is 132 cm³/mol. The Morgan fingerprint density at radius 3 is 2.52 bits per heavy atom. The molecule has 5 rings (SSSR count). The molecule has 168 valence electrons. The minimum Gasteiger partial charge on any atom is -0.348 e. The topological polar surface area (TPSA) is 66.0 Å². The van der Waals surface area contributed by atoms with Crippen LogP contribution in [-0.4, -0.2) is 41.1 Å². The first-order chi connectivity index (χ1) is 16.2. The molecule has 0 bridgehead atoms. The molecular weight excluding hydrogens is 435 g/mol. The normalized spacial score (nSPS) is 14.8. The van der Waals surface area contributed by atoms with Crippen LogP contribution in [0.2, 0.25) is 0 Å². The summed E-state index contributed by atoms with van der Waals surface area (Å²) in [6.07, 6.45) is 1.76. The zero-order valence-corrected chi connectivity index (χ0v) is 19.1. The second-order valence-electron chi connectivity index (χ2n) is 7.96. The van der Waals surface area contributed by atoms with Gasteiger partial charge in [0.25, 0.3) is 0 Å². The molecule has 0 radical (unpaired) electrons. The molecule has 1 aliphatic heterocycles. The van der Waals surface area contributed by atoms with Crippen molar-refractivity contribution in [2.24, 2.45) is 0 Å². The number of nitrogens with one attached hydrogen (secondary N) is 2. The zero-order chi connectivity index (χ0) is 22.6. The number of nitrogens with zero attached hydrogens (tertiary/aromatic N) is 4. The van der Waals surface area contributed by atoms with Gasteiger partial charge in [-0.3, -0.25) is 0 Å². The van der Waals surface area contributed by atoms with Crippen LogP contribution < -0.4 is 15.5 Å². The van der Waals surface area contributed by atoms with Gasteiger partial charge in [-0.2, -0.15) is 0 Å². The summed E-state index contributed by atoms with van der Waals surface area (Å²) in [7, 11) is 0. The largest absolute Gasteiger partial charge is 0.348 e. The number of thiazole rings is 1. The van der Waals surface area contributed by atoms with Crippen LogP contribution in [0.4, 0.5) is 15.5 Å². The maximum absolute atomic E-state index is 13.6. The molecule has 0 saturated carbocycles. The van der Waals surface area contributed by atoms with E-state index < -0.39 is 0 Å². The SMILES string of the molecule is C[C@H](Nc1nccc(-c2sc(N3CCNCC3)nc2-c2ccc(F)cc2)n1)c1ccccc1. The van der Waals surface area contributed by atoms with Gasteiger partial charge < -0.3 is 15.5 Å². The average Bonchev–Trinajstić information content (AvgIpc) is 3.31. The van der Waals surface area contributed by atoms with E-state index in [1.807, 2.05) is 24.3 Å². The third-order valence-electron chi connectivity index (χ3n) is 5.65. The van der Waals surface area contributed by atoms with E-state index in [-0.39, 0.29) is 11.9 Å². The summed E-state index contributed by atoms with van der Waals surface area (Å²) in [5.74, 6) is 0.298. The van der Waals surface area contributed by atoms with Gasteiger partial charge in [0.05, 0.1) is 22.3 Å². The summed E-state index contributed by atoms with van der Waals surface area (Å²) in [6.45, 7) is 5.76. The third-order valence-corrected chi connectivity index (χ3v) is 6.79. The number of hydrogen-bond acceptors (Lipinski definition) is 7. The van der Waals surface area contributed by atoms with Crippen molar-refractivity contribution < 1.29 is 4.39 Å². The molecule has 6 nitrogen and oxygen atoms in total. The van der Waals surface area contributed by atoms with Crippen molar-refractivity contribution in [3.8, 4) is 21.8 Å². The lowest BCUT2D eigenvalue weighted by Crippen LogP contribution is -2.43. The van der Waals surface area contributed by atoms with Crippen molar-refractivity contribution >= 4 is 22.4 Å². The van der Waals surface area contributed by atoms with Gasteiger partial charge in [0.15, 0.2) is 5.13 Å². The lowest BCUT2D eigenvalue weighted by atomic mass is 10.1. The van der Waals surface area contributed by atoms with Crippen LogP contribution in [-0.2, 0) is 0 Å². The van der Waals surface area contributed by atoms with E-state index in [1.165, 1.54) is 12.1 Å². The molecule has 33 heavy (non-hydrogen) atoms. The fourth-order valence-corrected chi connectivity index (χ4v) is 4.96. The smallest absolute Gasteiger partial charge is 0.223 e. The zero-order valence-electron chi connectivity index (χ0n) is 18.3. The first kappa shape index (κ1) is 21.5. The number of aromatic nitrogens is 3. The Morgan fingerprint density at radius 1 is 1.00 bits per heavy atom. The van der Waals surface area contributed by atoms with E-state index in [2.05, 4.69) is 39.6 Å². The second kappa shape index (κ2) is 9.64. The van der Waals surface area contributed by atoms with Crippen molar-refractivity contribution in [1.82, 2.24) is 20.3 Å². The van der Waals surface area contributed by atoms with Crippen molar-refractivity contribution in [3.63, 3.8) is 0 Å². The molecule has 0 spiro atoms. The molecule has 2 aromatic carbocycles. The minimum atomic E-state index is -0.263. The molecule has 1 saturated heterocycles. The van der Waals surface area contributed by atoms with Crippen molar-refractivity contribution in [3.05, 3.63) is 78.2 Å². The molecule has 4 aromatic rings. The summed E-state index contributed by atoms with van der Waals surface area (Å²) >= 11 is 1.62. The van der Waals surface area contributed by atoms with E-state index in [1.54, 1.807) is 29.7 Å². The van der Waals surface area contributed by atoms with Crippen molar-refractivity contribution in [2.45, 2.75) is 13.0 Å². The maximum Gasteiger partial charge on any atom is 0.223 e. The van der Waals surface area contributed by atoms with Crippen LogP contribution in [0.3, 0.4) is 0 Å². The van der Waals surface area contributed by atoms with Gasteiger partial charge in [-0.15, -0.1) is 0 Å². The molecule has 0 amide bonds. The van der Waals surface area contributed by atoms with E-state index in [9.17, 15) is 4.39 Å². The fraction of sp³-hybridized carbons (Fsp3) is 0.240. The van der Waals surface area contributed by atoms with Crippen LogP contribution in [0, 0.1) is 5.82 Å². The third kappa shape index (κ3) is 4.86. The summed E-state index contributed by atoms with van der Waals surface area (Å²) in [5.41, 5.74) is 3.65. The van der Waals surface area contributed by atoms with Crippen LogP contribution in [0.1, 0.15) is 18.5 Å². The molecule has 1 fully saturated rings. The second-order valence-corrected chi connectivity index (χ2v) is 8.94. The average molecular weight is 461 g/mol. The molecule has 1 aliphatic rings.